The fraction of sp³-hybridized carbons (Fsp3) is 0.500. The Hall–Kier alpha value is -1.65. The molecule has 1 aromatic carbocycles. The first-order valence-corrected chi connectivity index (χ1v) is 6.49. The van der Waals surface area contributed by atoms with Crippen LogP contribution in [0.15, 0.2) is 24.3 Å². The molecule has 1 aliphatic heterocycles. The lowest BCUT2D eigenvalue weighted by Crippen LogP contribution is -2.38. The van der Waals surface area contributed by atoms with Gasteiger partial charge >= 0.3 is 0 Å². The summed E-state index contributed by atoms with van der Waals surface area (Å²) in [4.78, 5) is 13.0. The Morgan fingerprint density at radius 3 is 2.74 bits per heavy atom. The first kappa shape index (κ1) is 12.4. The molecule has 0 spiro atoms. The third-order valence-electron chi connectivity index (χ3n) is 4.09. The van der Waals surface area contributed by atoms with Crippen molar-refractivity contribution in [3.8, 4) is 0 Å². The Kier molecular flexibility index (Phi) is 2.73. The molecule has 1 saturated carbocycles. The molecule has 5 heteroatoms. The molecule has 3 rings (SSSR count). The molecule has 2 atom stereocenters. The van der Waals surface area contributed by atoms with Crippen LogP contribution in [0, 0.1) is 5.92 Å². The van der Waals surface area contributed by atoms with Gasteiger partial charge in [0, 0.05) is 24.6 Å². The fourth-order valence-electron chi connectivity index (χ4n) is 3.10. The summed E-state index contributed by atoms with van der Waals surface area (Å²) in [6.07, 6.45) is 0.645. The van der Waals surface area contributed by atoms with Crippen LogP contribution in [0.4, 0.5) is 14.5 Å². The average molecular weight is 266 g/mol. The summed E-state index contributed by atoms with van der Waals surface area (Å²) in [6, 6.07) is 7.49. The molecule has 0 saturated heterocycles. The highest BCUT2D eigenvalue weighted by atomic mass is 19.3. The van der Waals surface area contributed by atoms with Crippen molar-refractivity contribution < 1.29 is 13.6 Å². The van der Waals surface area contributed by atoms with E-state index in [4.69, 9.17) is 5.73 Å². The molecule has 0 unspecified atom stereocenters. The average Bonchev–Trinajstić information content (AvgIpc) is 2.98. The van der Waals surface area contributed by atoms with E-state index in [1.54, 1.807) is 0 Å². The number of benzene rings is 1. The second kappa shape index (κ2) is 4.18. The minimum absolute atomic E-state index is 0.0121. The molecule has 0 aromatic heterocycles. The molecule has 2 N–H and O–H groups in total. The number of carbonyl (C=O) groups excluding carboxylic acids is 1. The number of carbonyl (C=O) groups is 1. The first-order chi connectivity index (χ1) is 8.99. The van der Waals surface area contributed by atoms with Crippen LogP contribution in [0.1, 0.15) is 24.3 Å². The number of hydrogen-bond acceptors (Lipinski definition) is 2. The van der Waals surface area contributed by atoms with Crippen LogP contribution < -0.4 is 10.6 Å². The maximum atomic E-state index is 13.3. The minimum atomic E-state index is -2.51. The molecule has 0 radical (unpaired) electrons. The monoisotopic (exact) mass is 266 g/mol. The normalized spacial score (nSPS) is 27.8. The van der Waals surface area contributed by atoms with Crippen molar-refractivity contribution in [1.82, 2.24) is 0 Å². The maximum absolute atomic E-state index is 13.3. The summed E-state index contributed by atoms with van der Waals surface area (Å²) in [5.41, 5.74) is 7.03. The van der Waals surface area contributed by atoms with Gasteiger partial charge in [-0.3, -0.25) is 4.79 Å². The second-order valence-electron chi connectivity index (χ2n) is 5.41. The van der Waals surface area contributed by atoms with Crippen LogP contribution in [-0.2, 0) is 4.79 Å². The lowest BCUT2D eigenvalue weighted by Gasteiger charge is -2.35. The number of halogens is 2. The maximum Gasteiger partial charge on any atom is 0.252 e. The largest absolute Gasteiger partial charge is 0.368 e. The highest BCUT2D eigenvalue weighted by Crippen LogP contribution is 2.58. The zero-order valence-electron chi connectivity index (χ0n) is 10.5. The Morgan fingerprint density at radius 2 is 2.11 bits per heavy atom. The van der Waals surface area contributed by atoms with Gasteiger partial charge in [0.1, 0.15) is 0 Å². The Balaban J connectivity index is 1.90. The van der Waals surface area contributed by atoms with Crippen molar-refractivity contribution in [2.45, 2.75) is 24.7 Å². The first-order valence-electron chi connectivity index (χ1n) is 6.49. The number of amides is 1. The summed E-state index contributed by atoms with van der Waals surface area (Å²) in [7, 11) is 0. The number of primary amides is 1. The number of rotatable bonds is 3. The third kappa shape index (κ3) is 2.17. The van der Waals surface area contributed by atoms with Crippen molar-refractivity contribution in [2.24, 2.45) is 11.7 Å². The van der Waals surface area contributed by atoms with E-state index in [0.717, 1.165) is 11.3 Å². The fourth-order valence-corrected chi connectivity index (χ4v) is 3.10. The smallest absolute Gasteiger partial charge is 0.252 e. The summed E-state index contributed by atoms with van der Waals surface area (Å²) in [6.45, 7) is 0.752. The van der Waals surface area contributed by atoms with E-state index in [1.165, 1.54) is 0 Å². The molecule has 0 bridgehead atoms. The van der Waals surface area contributed by atoms with Crippen molar-refractivity contribution in [3.63, 3.8) is 0 Å². The van der Waals surface area contributed by atoms with Gasteiger partial charge < -0.3 is 10.6 Å². The van der Waals surface area contributed by atoms with Crippen LogP contribution in [0.5, 0.6) is 0 Å². The molecule has 19 heavy (non-hydrogen) atoms. The SMILES string of the molecule is NC(=O)CN1CC[C@@H]([C@H]2CC2(F)F)c2ccccc21. The quantitative estimate of drug-likeness (QED) is 0.911. The zero-order valence-corrected chi connectivity index (χ0v) is 10.5. The van der Waals surface area contributed by atoms with Crippen LogP contribution in [-0.4, -0.2) is 24.9 Å². The molecule has 102 valence electrons. The third-order valence-corrected chi connectivity index (χ3v) is 4.09. The number of anilines is 1. The second-order valence-corrected chi connectivity index (χ2v) is 5.41. The van der Waals surface area contributed by atoms with Gasteiger partial charge in [-0.1, -0.05) is 18.2 Å². The van der Waals surface area contributed by atoms with Gasteiger partial charge in [-0.15, -0.1) is 0 Å². The number of nitrogens with two attached hydrogens (primary N) is 1. The van der Waals surface area contributed by atoms with Crippen molar-refractivity contribution in [3.05, 3.63) is 29.8 Å². The Bertz CT molecular complexity index is 518. The Labute approximate surface area is 110 Å². The summed E-state index contributed by atoms with van der Waals surface area (Å²) >= 11 is 0. The van der Waals surface area contributed by atoms with Crippen molar-refractivity contribution >= 4 is 11.6 Å². The predicted octanol–water partition coefficient (Wildman–Crippen LogP) is 2.12. The molecule has 1 aromatic rings. The van der Waals surface area contributed by atoms with E-state index in [0.29, 0.717) is 13.0 Å². The molecule has 1 amide bonds. The molecule has 2 aliphatic rings. The highest BCUT2D eigenvalue weighted by Gasteiger charge is 2.60. The molecular weight excluding hydrogens is 250 g/mol. The number of hydrogen-bond donors (Lipinski definition) is 1. The predicted molar refractivity (Wildman–Crippen MR) is 68.3 cm³/mol. The summed E-state index contributed by atoms with van der Waals surface area (Å²) in [5, 5.41) is 0. The lowest BCUT2D eigenvalue weighted by atomic mass is 9.86. The zero-order chi connectivity index (χ0) is 13.6. The Morgan fingerprint density at radius 1 is 1.42 bits per heavy atom. The van der Waals surface area contributed by atoms with E-state index in [2.05, 4.69) is 0 Å². The van der Waals surface area contributed by atoms with Crippen molar-refractivity contribution in [2.75, 3.05) is 18.0 Å². The highest BCUT2D eigenvalue weighted by molar-refractivity contribution is 5.80. The molecular formula is C14H16F2N2O. The topological polar surface area (TPSA) is 46.3 Å². The number of nitrogens with zero attached hydrogens (tertiary/aromatic N) is 1. The van der Waals surface area contributed by atoms with E-state index in [-0.39, 0.29) is 18.9 Å². The van der Waals surface area contributed by atoms with Crippen LogP contribution >= 0.6 is 0 Å². The summed E-state index contributed by atoms with van der Waals surface area (Å²) in [5.74, 6) is -3.55. The van der Waals surface area contributed by atoms with Gasteiger partial charge in [0.15, 0.2) is 0 Å². The molecule has 1 fully saturated rings. The molecule has 1 heterocycles. The van der Waals surface area contributed by atoms with Crippen LogP contribution in [0.25, 0.3) is 0 Å². The van der Waals surface area contributed by atoms with Gasteiger partial charge in [0.25, 0.3) is 5.92 Å². The number of alkyl halides is 2. The van der Waals surface area contributed by atoms with E-state index < -0.39 is 17.7 Å². The standard InChI is InChI=1S/C14H16F2N2O/c15-14(16)7-11(14)9-5-6-18(8-13(17)19)12-4-2-1-3-10(9)12/h1-4,9,11H,5-8H2,(H2,17,19)/t9-,11-/m1/s1. The van der Waals surface area contributed by atoms with Crippen LogP contribution in [0.3, 0.4) is 0 Å². The van der Waals surface area contributed by atoms with Gasteiger partial charge in [-0.2, -0.15) is 0 Å². The van der Waals surface area contributed by atoms with Gasteiger partial charge in [0.05, 0.1) is 6.54 Å². The summed E-state index contributed by atoms with van der Waals surface area (Å²) < 4.78 is 26.6. The number of fused-ring (bicyclic) bond motifs is 1. The minimum Gasteiger partial charge on any atom is -0.368 e. The van der Waals surface area contributed by atoms with E-state index in [9.17, 15) is 13.6 Å². The van der Waals surface area contributed by atoms with Crippen molar-refractivity contribution in [1.29, 1.82) is 0 Å². The molecule has 3 nitrogen and oxygen atoms in total. The van der Waals surface area contributed by atoms with Gasteiger partial charge in [-0.25, -0.2) is 8.78 Å². The van der Waals surface area contributed by atoms with Gasteiger partial charge in [-0.05, 0) is 24.0 Å². The number of para-hydroxylation sites is 1. The van der Waals surface area contributed by atoms with Crippen LogP contribution in [0.2, 0.25) is 0 Å². The lowest BCUT2D eigenvalue weighted by molar-refractivity contribution is -0.116. The molecule has 1 aliphatic carbocycles. The van der Waals surface area contributed by atoms with E-state index in [1.807, 2.05) is 29.2 Å². The van der Waals surface area contributed by atoms with Gasteiger partial charge in [0.2, 0.25) is 5.91 Å². The van der Waals surface area contributed by atoms with E-state index >= 15 is 0 Å².